The van der Waals surface area contributed by atoms with E-state index in [-0.39, 0.29) is 11.9 Å². The summed E-state index contributed by atoms with van der Waals surface area (Å²) in [6.07, 6.45) is -0.973. The molecule has 0 amide bonds. The number of ether oxygens (including phenoxy) is 3. The van der Waals surface area contributed by atoms with E-state index in [1.807, 2.05) is 50.2 Å². The molecular weight excluding hydrogens is 392 g/mol. The van der Waals surface area contributed by atoms with Crippen molar-refractivity contribution < 1.29 is 19.3 Å². The van der Waals surface area contributed by atoms with Gasteiger partial charge in [-0.1, -0.05) is 41.9 Å². The third-order valence-electron chi connectivity index (χ3n) is 4.38. The highest BCUT2D eigenvalue weighted by Gasteiger charge is 2.20. The molecule has 0 radical (unpaired) electrons. The summed E-state index contributed by atoms with van der Waals surface area (Å²) < 4.78 is 16.0. The predicted molar refractivity (Wildman–Crippen MR) is 110 cm³/mol. The molecule has 29 heavy (non-hydrogen) atoms. The minimum absolute atomic E-state index is 0.0654. The van der Waals surface area contributed by atoms with Crippen molar-refractivity contribution in [3.05, 3.63) is 81.8 Å². The van der Waals surface area contributed by atoms with Gasteiger partial charge in [0.2, 0.25) is 5.88 Å². The van der Waals surface area contributed by atoms with E-state index in [9.17, 15) is 5.11 Å². The first kappa shape index (κ1) is 21.0. The van der Waals surface area contributed by atoms with Gasteiger partial charge in [-0.2, -0.15) is 0 Å². The second-order valence-electron chi connectivity index (χ2n) is 6.53. The van der Waals surface area contributed by atoms with Crippen molar-refractivity contribution in [1.82, 2.24) is 9.97 Å². The number of aryl methyl sites for hydroxylation is 2. The van der Waals surface area contributed by atoms with Gasteiger partial charge in [0.05, 0.1) is 5.69 Å². The first-order chi connectivity index (χ1) is 14.0. The highest BCUT2D eigenvalue weighted by Crippen LogP contribution is 2.31. The predicted octanol–water partition coefficient (Wildman–Crippen LogP) is 4.39. The van der Waals surface area contributed by atoms with Gasteiger partial charge in [-0.25, -0.2) is 9.97 Å². The van der Waals surface area contributed by atoms with Crippen LogP contribution in [0.1, 0.15) is 34.2 Å². The Hall–Kier alpha value is -2.67. The molecule has 3 aromatic rings. The summed E-state index contributed by atoms with van der Waals surface area (Å²) in [7, 11) is 1.52. The second-order valence-corrected chi connectivity index (χ2v) is 6.89. The highest BCUT2D eigenvalue weighted by molar-refractivity contribution is 6.30. The zero-order valence-electron chi connectivity index (χ0n) is 16.6. The van der Waals surface area contributed by atoms with E-state index in [1.54, 1.807) is 12.1 Å². The number of nitrogens with zero attached hydrogens (tertiary/aromatic N) is 2. The third-order valence-corrected chi connectivity index (χ3v) is 4.65. The lowest BCUT2D eigenvalue weighted by molar-refractivity contribution is 0.0508. The summed E-state index contributed by atoms with van der Waals surface area (Å²) in [5.74, 6) is 0.898. The van der Waals surface area contributed by atoms with Gasteiger partial charge in [0.15, 0.2) is 17.7 Å². The van der Waals surface area contributed by atoms with Crippen molar-refractivity contribution in [2.75, 3.05) is 13.9 Å². The number of rotatable bonds is 8. The summed E-state index contributed by atoms with van der Waals surface area (Å²) >= 11 is 6.16. The van der Waals surface area contributed by atoms with Crippen LogP contribution < -0.4 is 9.47 Å². The third kappa shape index (κ3) is 5.23. The zero-order chi connectivity index (χ0) is 20.8. The molecule has 152 valence electrons. The first-order valence-corrected chi connectivity index (χ1v) is 9.48. The van der Waals surface area contributed by atoms with Crippen LogP contribution in [0.2, 0.25) is 5.15 Å². The SMILES string of the molecule is COCOc1ccc(C(O)c2c(C)cc(OCc3ccccc3)nc2C)nc1Cl. The van der Waals surface area contributed by atoms with Crippen LogP contribution in [0.15, 0.2) is 48.5 Å². The van der Waals surface area contributed by atoms with Gasteiger partial charge in [-0.3, -0.25) is 0 Å². The van der Waals surface area contributed by atoms with Gasteiger partial charge in [0.1, 0.15) is 12.7 Å². The van der Waals surface area contributed by atoms with Gasteiger partial charge in [-0.15, -0.1) is 0 Å². The molecule has 0 saturated heterocycles. The smallest absolute Gasteiger partial charge is 0.214 e. The lowest BCUT2D eigenvalue weighted by atomic mass is 9.99. The summed E-state index contributed by atoms with van der Waals surface area (Å²) in [6, 6.07) is 15.0. The Balaban J connectivity index is 1.78. The average Bonchev–Trinajstić information content (AvgIpc) is 2.71. The molecule has 2 heterocycles. The molecule has 1 unspecified atom stereocenters. The number of aliphatic hydroxyl groups excluding tert-OH is 1. The Morgan fingerprint density at radius 3 is 2.45 bits per heavy atom. The summed E-state index contributed by atoms with van der Waals surface area (Å²) in [5, 5.41) is 11.0. The zero-order valence-corrected chi connectivity index (χ0v) is 17.3. The van der Waals surface area contributed by atoms with Gasteiger partial charge in [-0.05, 0) is 37.1 Å². The molecule has 7 heteroatoms. The minimum Gasteiger partial charge on any atom is -0.473 e. The van der Waals surface area contributed by atoms with Crippen molar-refractivity contribution in [3.63, 3.8) is 0 Å². The van der Waals surface area contributed by atoms with Crippen molar-refractivity contribution in [1.29, 1.82) is 0 Å². The Labute approximate surface area is 175 Å². The van der Waals surface area contributed by atoms with Crippen molar-refractivity contribution in [3.8, 4) is 11.6 Å². The number of benzene rings is 1. The number of hydrogen-bond acceptors (Lipinski definition) is 6. The summed E-state index contributed by atoms with van der Waals surface area (Å²) in [4.78, 5) is 8.75. The normalized spacial score (nSPS) is 11.9. The summed E-state index contributed by atoms with van der Waals surface area (Å²) in [6.45, 7) is 4.23. The standard InChI is InChI=1S/C22H23ClN2O4/c1-14-11-19(28-12-16-7-5-4-6-8-16)24-15(2)20(14)21(26)17-9-10-18(22(23)25-17)29-13-27-3/h4-11,21,26H,12-13H2,1-3H3. The van der Waals surface area contributed by atoms with Crippen LogP contribution >= 0.6 is 11.6 Å². The molecule has 1 N–H and O–H groups in total. The van der Waals surface area contributed by atoms with Crippen LogP contribution in [0.3, 0.4) is 0 Å². The number of aromatic nitrogens is 2. The quantitative estimate of drug-likeness (QED) is 0.435. The number of halogens is 1. The van der Waals surface area contributed by atoms with E-state index in [0.29, 0.717) is 35.2 Å². The van der Waals surface area contributed by atoms with Crippen molar-refractivity contribution in [2.24, 2.45) is 0 Å². The van der Waals surface area contributed by atoms with E-state index in [2.05, 4.69) is 9.97 Å². The average molecular weight is 415 g/mol. The largest absolute Gasteiger partial charge is 0.473 e. The maximum atomic E-state index is 10.9. The van der Waals surface area contributed by atoms with Crippen LogP contribution in [-0.2, 0) is 11.3 Å². The second kappa shape index (κ2) is 9.69. The first-order valence-electron chi connectivity index (χ1n) is 9.10. The Morgan fingerprint density at radius 1 is 1.03 bits per heavy atom. The number of aliphatic hydroxyl groups is 1. The van der Waals surface area contributed by atoms with E-state index in [4.69, 9.17) is 25.8 Å². The molecular formula is C22H23ClN2O4. The van der Waals surface area contributed by atoms with Gasteiger partial charge >= 0.3 is 0 Å². The minimum atomic E-state index is -0.973. The molecule has 0 aliphatic rings. The topological polar surface area (TPSA) is 73.7 Å². The monoisotopic (exact) mass is 414 g/mol. The number of hydrogen-bond donors (Lipinski definition) is 1. The Morgan fingerprint density at radius 2 is 1.79 bits per heavy atom. The van der Waals surface area contributed by atoms with Crippen LogP contribution in [0.5, 0.6) is 11.6 Å². The van der Waals surface area contributed by atoms with Crippen molar-refractivity contribution >= 4 is 11.6 Å². The molecule has 1 aromatic carbocycles. The summed E-state index contributed by atoms with van der Waals surface area (Å²) in [5.41, 5.74) is 3.66. The lowest BCUT2D eigenvalue weighted by Crippen LogP contribution is -2.10. The van der Waals surface area contributed by atoms with Crippen LogP contribution in [0.4, 0.5) is 0 Å². The molecule has 0 aliphatic heterocycles. The van der Waals surface area contributed by atoms with E-state index < -0.39 is 6.10 Å². The van der Waals surface area contributed by atoms with Crippen molar-refractivity contribution in [2.45, 2.75) is 26.6 Å². The van der Waals surface area contributed by atoms with Gasteiger partial charge < -0.3 is 19.3 Å². The Kier molecular flexibility index (Phi) is 7.04. The molecule has 0 spiro atoms. The number of pyridine rings is 2. The fourth-order valence-electron chi connectivity index (χ4n) is 2.99. The molecule has 1 atom stereocenters. The van der Waals surface area contributed by atoms with Gasteiger partial charge in [0.25, 0.3) is 0 Å². The fraction of sp³-hybridized carbons (Fsp3) is 0.273. The Bertz CT molecular complexity index is 943. The molecule has 0 bridgehead atoms. The fourth-order valence-corrected chi connectivity index (χ4v) is 3.21. The van der Waals surface area contributed by atoms with Crippen LogP contribution in [0, 0.1) is 13.8 Å². The lowest BCUT2D eigenvalue weighted by Gasteiger charge is -2.18. The molecule has 0 aliphatic carbocycles. The maximum Gasteiger partial charge on any atom is 0.214 e. The highest BCUT2D eigenvalue weighted by atomic mass is 35.5. The molecule has 3 rings (SSSR count). The molecule has 0 saturated carbocycles. The van der Waals surface area contributed by atoms with Gasteiger partial charge in [0, 0.05) is 24.4 Å². The van der Waals surface area contributed by atoms with E-state index in [0.717, 1.165) is 11.1 Å². The number of methoxy groups -OCH3 is 1. The van der Waals surface area contributed by atoms with E-state index in [1.165, 1.54) is 7.11 Å². The molecule has 2 aromatic heterocycles. The molecule has 0 fully saturated rings. The van der Waals surface area contributed by atoms with E-state index >= 15 is 0 Å². The molecule has 6 nitrogen and oxygen atoms in total. The maximum absolute atomic E-state index is 10.9. The van der Waals surface area contributed by atoms with Crippen LogP contribution in [-0.4, -0.2) is 29.0 Å². The van der Waals surface area contributed by atoms with Crippen LogP contribution in [0.25, 0.3) is 0 Å².